The molecule has 2 fully saturated rings. The van der Waals surface area contributed by atoms with Gasteiger partial charge in [0.25, 0.3) is 0 Å². The van der Waals surface area contributed by atoms with Crippen LogP contribution in [0.3, 0.4) is 0 Å². The lowest BCUT2D eigenvalue weighted by molar-refractivity contribution is 0.248. The van der Waals surface area contributed by atoms with E-state index in [1.54, 1.807) is 6.20 Å². The molecule has 10 heteroatoms. The van der Waals surface area contributed by atoms with Gasteiger partial charge in [-0.05, 0) is 37.0 Å². The number of hydrazine groups is 1. The zero-order chi connectivity index (χ0) is 24.2. The van der Waals surface area contributed by atoms with Crippen LogP contribution in [0.15, 0.2) is 36.8 Å². The summed E-state index contributed by atoms with van der Waals surface area (Å²) in [5.74, 6) is 5.70. The summed E-state index contributed by atoms with van der Waals surface area (Å²) in [6, 6.07) is 5.25. The van der Waals surface area contributed by atoms with Crippen molar-refractivity contribution in [1.29, 1.82) is 0 Å². The van der Waals surface area contributed by atoms with E-state index in [1.165, 1.54) is 43.1 Å². The Morgan fingerprint density at radius 1 is 1.24 bits per heavy atom. The Morgan fingerprint density at radius 3 is 2.65 bits per heavy atom. The van der Waals surface area contributed by atoms with E-state index in [-0.39, 0.29) is 17.1 Å². The third-order valence-electron chi connectivity index (χ3n) is 6.00. The first-order chi connectivity index (χ1) is 16.3. The average Bonchev–Trinajstić information content (AvgIpc) is 3.66. The van der Waals surface area contributed by atoms with Crippen LogP contribution in [-0.4, -0.2) is 47.9 Å². The van der Waals surface area contributed by atoms with Crippen molar-refractivity contribution in [2.75, 3.05) is 46.6 Å². The van der Waals surface area contributed by atoms with Crippen LogP contribution in [0.25, 0.3) is 5.70 Å². The van der Waals surface area contributed by atoms with E-state index < -0.39 is 11.6 Å². The maximum absolute atomic E-state index is 15.0. The number of nitrogens with two attached hydrogens (primary N) is 2. The third kappa shape index (κ3) is 5.92. The smallest absolute Gasteiger partial charge is 0.175 e. The van der Waals surface area contributed by atoms with Crippen molar-refractivity contribution in [3.8, 4) is 0 Å². The lowest BCUT2D eigenvalue weighted by atomic mass is 10.2. The molecule has 0 bridgehead atoms. The number of rotatable bonds is 9. The van der Waals surface area contributed by atoms with Crippen molar-refractivity contribution >= 4 is 34.7 Å². The van der Waals surface area contributed by atoms with Crippen LogP contribution >= 0.6 is 11.9 Å². The fraction of sp³-hybridized carbons (Fsp3) is 0.458. The molecule has 0 atom stereocenters. The number of nitrogens with zero attached hydrogens (tertiary/aromatic N) is 4. The minimum absolute atomic E-state index is 0.165. The van der Waals surface area contributed by atoms with Gasteiger partial charge in [0.05, 0.1) is 23.3 Å². The van der Waals surface area contributed by atoms with Gasteiger partial charge in [-0.1, -0.05) is 25.8 Å². The molecular weight excluding hydrogens is 456 g/mol. The van der Waals surface area contributed by atoms with Gasteiger partial charge in [0.15, 0.2) is 11.6 Å². The SMILES string of the molecule is CC(C)CSNc1ccc(F)c(N(N)/C=C(\N)c2cncc(N3CCN(C4CC4)CC3)c2)c1F. The molecule has 0 amide bonds. The zero-order valence-corrected chi connectivity index (χ0v) is 20.5. The molecule has 34 heavy (non-hydrogen) atoms. The van der Waals surface area contributed by atoms with E-state index in [1.807, 2.05) is 12.3 Å². The lowest BCUT2D eigenvalue weighted by Gasteiger charge is -2.36. The van der Waals surface area contributed by atoms with Gasteiger partial charge in [0, 0.05) is 55.9 Å². The summed E-state index contributed by atoms with van der Waals surface area (Å²) >= 11 is 1.36. The van der Waals surface area contributed by atoms with Crippen molar-refractivity contribution in [1.82, 2.24) is 9.88 Å². The number of pyridine rings is 1. The highest BCUT2D eigenvalue weighted by atomic mass is 32.2. The fourth-order valence-corrected chi connectivity index (χ4v) is 4.70. The van der Waals surface area contributed by atoms with E-state index in [2.05, 4.69) is 33.4 Å². The maximum atomic E-state index is 15.0. The highest BCUT2D eigenvalue weighted by Gasteiger charge is 2.31. The molecule has 0 radical (unpaired) electrons. The minimum Gasteiger partial charge on any atom is -0.397 e. The maximum Gasteiger partial charge on any atom is 0.175 e. The minimum atomic E-state index is -0.775. The van der Waals surface area contributed by atoms with Gasteiger partial charge >= 0.3 is 0 Å². The van der Waals surface area contributed by atoms with E-state index >= 15 is 4.39 Å². The van der Waals surface area contributed by atoms with Gasteiger partial charge in [-0.2, -0.15) is 0 Å². The summed E-state index contributed by atoms with van der Waals surface area (Å²) in [5.41, 5.74) is 7.92. The van der Waals surface area contributed by atoms with E-state index in [4.69, 9.17) is 11.6 Å². The van der Waals surface area contributed by atoms with Gasteiger partial charge < -0.3 is 15.4 Å². The number of hydrogen-bond acceptors (Lipinski definition) is 8. The third-order valence-corrected chi connectivity index (χ3v) is 7.20. The van der Waals surface area contributed by atoms with Gasteiger partial charge in [-0.25, -0.2) is 14.6 Å². The molecule has 2 heterocycles. The summed E-state index contributed by atoms with van der Waals surface area (Å²) < 4.78 is 32.5. The van der Waals surface area contributed by atoms with E-state index in [0.29, 0.717) is 11.5 Å². The quantitative estimate of drug-likeness (QED) is 0.277. The van der Waals surface area contributed by atoms with Crippen LogP contribution in [0, 0.1) is 17.6 Å². The Hall–Kier alpha value is -2.56. The predicted molar refractivity (Wildman–Crippen MR) is 137 cm³/mol. The number of hydrogen-bond donors (Lipinski definition) is 3. The standard InChI is InChI=1S/C24H33F2N7S/c1-16(2)15-34-30-22-6-5-20(25)24(23(22)26)33(28)14-21(27)17-11-19(13-29-12-17)32-9-7-31(8-10-32)18-3-4-18/h5-6,11-14,16,18,30H,3-4,7-10,15,27-28H2,1-2H3/b21-14-. The normalized spacial score (nSPS) is 17.4. The highest BCUT2D eigenvalue weighted by molar-refractivity contribution is 8.00. The lowest BCUT2D eigenvalue weighted by Crippen LogP contribution is -2.47. The molecule has 1 aliphatic heterocycles. The summed E-state index contributed by atoms with van der Waals surface area (Å²) in [5, 5.41) is 0.888. The van der Waals surface area contributed by atoms with Gasteiger partial charge in [-0.3, -0.25) is 14.9 Å². The Kier molecular flexibility index (Phi) is 7.80. The molecule has 184 valence electrons. The topological polar surface area (TPSA) is 86.7 Å². The van der Waals surface area contributed by atoms with Crippen LogP contribution in [0.2, 0.25) is 0 Å². The number of aromatic nitrogens is 1. The number of benzene rings is 1. The van der Waals surface area contributed by atoms with Crippen LogP contribution in [0.4, 0.5) is 25.8 Å². The van der Waals surface area contributed by atoms with Crippen molar-refractivity contribution in [3.05, 3.63) is 54.0 Å². The second-order valence-corrected chi connectivity index (χ2v) is 10.1. The average molecular weight is 490 g/mol. The number of anilines is 3. The van der Waals surface area contributed by atoms with E-state index in [9.17, 15) is 4.39 Å². The highest BCUT2D eigenvalue weighted by Crippen LogP contribution is 2.31. The molecule has 2 aliphatic rings. The molecule has 5 N–H and O–H groups in total. The first kappa shape index (κ1) is 24.6. The summed E-state index contributed by atoms with van der Waals surface area (Å²) in [7, 11) is 0. The molecule has 4 rings (SSSR count). The van der Waals surface area contributed by atoms with Crippen LogP contribution in [0.5, 0.6) is 0 Å². The van der Waals surface area contributed by atoms with E-state index in [0.717, 1.165) is 48.7 Å². The molecule has 1 saturated carbocycles. The first-order valence-electron chi connectivity index (χ1n) is 11.6. The van der Waals surface area contributed by atoms with Gasteiger partial charge in [0.2, 0.25) is 0 Å². The second kappa shape index (κ2) is 10.8. The van der Waals surface area contributed by atoms with Crippen molar-refractivity contribution in [3.63, 3.8) is 0 Å². The van der Waals surface area contributed by atoms with Gasteiger partial charge in [0.1, 0.15) is 5.69 Å². The Balaban J connectivity index is 1.47. The molecule has 0 unspecified atom stereocenters. The first-order valence-corrected chi connectivity index (χ1v) is 12.6. The predicted octanol–water partition coefficient (Wildman–Crippen LogP) is 4.00. The summed E-state index contributed by atoms with van der Waals surface area (Å²) in [6.45, 7) is 8.06. The van der Waals surface area contributed by atoms with Crippen molar-refractivity contribution < 1.29 is 8.78 Å². The number of nitrogens with one attached hydrogen (secondary N) is 1. The number of halogens is 2. The monoisotopic (exact) mass is 489 g/mol. The molecule has 1 saturated heterocycles. The largest absolute Gasteiger partial charge is 0.397 e. The molecular formula is C24H33F2N7S. The Labute approximate surface area is 204 Å². The van der Waals surface area contributed by atoms with Gasteiger partial charge in [-0.15, -0.1) is 0 Å². The molecule has 7 nitrogen and oxygen atoms in total. The fourth-order valence-electron chi connectivity index (χ4n) is 3.98. The zero-order valence-electron chi connectivity index (χ0n) is 19.7. The number of piperazine rings is 1. The second-order valence-electron chi connectivity index (χ2n) is 9.24. The van der Waals surface area contributed by atoms with Crippen molar-refractivity contribution in [2.24, 2.45) is 17.5 Å². The molecule has 0 spiro atoms. The van der Waals surface area contributed by atoms with Crippen LogP contribution < -0.4 is 26.2 Å². The summed E-state index contributed by atoms with van der Waals surface area (Å²) in [4.78, 5) is 9.16. The van der Waals surface area contributed by atoms with Crippen LogP contribution in [-0.2, 0) is 0 Å². The molecule has 1 aromatic carbocycles. The molecule has 2 aromatic rings. The molecule has 1 aromatic heterocycles. The molecule has 1 aliphatic carbocycles. The Morgan fingerprint density at radius 2 is 1.97 bits per heavy atom. The summed E-state index contributed by atoms with van der Waals surface area (Å²) in [6.07, 6.45) is 7.37. The Bertz CT molecular complexity index is 1020. The van der Waals surface area contributed by atoms with Crippen molar-refractivity contribution in [2.45, 2.75) is 32.7 Å². The van der Waals surface area contributed by atoms with Crippen LogP contribution in [0.1, 0.15) is 32.3 Å².